The molecule has 1 aromatic rings. The van der Waals surface area contributed by atoms with Crippen LogP contribution in [0.5, 0.6) is 0 Å². The number of ketones is 1. The van der Waals surface area contributed by atoms with Crippen LogP contribution in [0.2, 0.25) is 10.0 Å². The van der Waals surface area contributed by atoms with Crippen LogP contribution in [0.1, 0.15) is 30.7 Å². The standard InChI is InChI=1S/C17H15Cl2NO4/c1-23-17(22)14-12(8-4-2-5-9(18)15(8)19)13-10(21)6-3-7-11(13)24-16(14)20/h2,4-5,12H,3,6-7,20H2,1H3. The van der Waals surface area contributed by atoms with E-state index in [-0.39, 0.29) is 22.3 Å². The summed E-state index contributed by atoms with van der Waals surface area (Å²) in [5, 5.41) is 0.597. The van der Waals surface area contributed by atoms with Gasteiger partial charge in [0.15, 0.2) is 5.78 Å². The molecule has 7 heteroatoms. The van der Waals surface area contributed by atoms with Gasteiger partial charge in [-0.15, -0.1) is 0 Å². The van der Waals surface area contributed by atoms with Gasteiger partial charge in [-0.1, -0.05) is 35.3 Å². The zero-order valence-electron chi connectivity index (χ0n) is 12.9. The van der Waals surface area contributed by atoms with Gasteiger partial charge in [-0.25, -0.2) is 4.79 Å². The molecule has 24 heavy (non-hydrogen) atoms. The highest BCUT2D eigenvalue weighted by Gasteiger charge is 2.41. The average molecular weight is 368 g/mol. The fourth-order valence-corrected chi connectivity index (χ4v) is 3.54. The second kappa shape index (κ2) is 6.49. The van der Waals surface area contributed by atoms with Crippen molar-refractivity contribution < 1.29 is 19.1 Å². The summed E-state index contributed by atoms with van der Waals surface area (Å²) >= 11 is 12.5. The van der Waals surface area contributed by atoms with Crippen molar-refractivity contribution in [1.29, 1.82) is 0 Å². The minimum absolute atomic E-state index is 0.0654. The number of carbonyl (C=O) groups is 2. The first-order valence-electron chi connectivity index (χ1n) is 7.41. The van der Waals surface area contributed by atoms with E-state index in [2.05, 4.69) is 0 Å². The maximum atomic E-state index is 12.5. The smallest absolute Gasteiger partial charge is 0.340 e. The van der Waals surface area contributed by atoms with Gasteiger partial charge in [-0.2, -0.15) is 0 Å². The van der Waals surface area contributed by atoms with Crippen LogP contribution in [0, 0.1) is 0 Å². The SMILES string of the molecule is COC(=O)C1=C(N)OC2=C(C(=O)CCC2)C1c1cccc(Cl)c1Cl. The van der Waals surface area contributed by atoms with Crippen LogP contribution in [-0.4, -0.2) is 18.9 Å². The maximum absolute atomic E-state index is 12.5. The topological polar surface area (TPSA) is 78.6 Å². The zero-order valence-corrected chi connectivity index (χ0v) is 14.4. The molecule has 2 N–H and O–H groups in total. The lowest BCUT2D eigenvalue weighted by molar-refractivity contribution is -0.136. The van der Waals surface area contributed by atoms with Crippen LogP contribution < -0.4 is 5.73 Å². The molecule has 2 aliphatic rings. The lowest BCUT2D eigenvalue weighted by Gasteiger charge is -2.32. The molecule has 1 unspecified atom stereocenters. The van der Waals surface area contributed by atoms with Crippen molar-refractivity contribution in [3.8, 4) is 0 Å². The number of halogens is 2. The minimum atomic E-state index is -0.750. The van der Waals surface area contributed by atoms with Crippen LogP contribution in [0.25, 0.3) is 0 Å². The monoisotopic (exact) mass is 367 g/mol. The third kappa shape index (κ3) is 2.68. The van der Waals surface area contributed by atoms with Crippen molar-refractivity contribution in [2.45, 2.75) is 25.2 Å². The number of benzene rings is 1. The first-order chi connectivity index (χ1) is 11.5. The normalized spacial score (nSPS) is 20.6. The number of esters is 1. The Morgan fingerprint density at radius 3 is 2.79 bits per heavy atom. The number of nitrogens with two attached hydrogens (primary N) is 1. The number of hydrogen-bond donors (Lipinski definition) is 1. The summed E-state index contributed by atoms with van der Waals surface area (Å²) in [5.74, 6) is -1.10. The van der Waals surface area contributed by atoms with Gasteiger partial charge in [0.2, 0.25) is 5.88 Å². The number of ether oxygens (including phenoxy) is 2. The van der Waals surface area contributed by atoms with Gasteiger partial charge >= 0.3 is 5.97 Å². The second-order valence-electron chi connectivity index (χ2n) is 5.56. The van der Waals surface area contributed by atoms with Gasteiger partial charge in [-0.05, 0) is 18.1 Å². The van der Waals surface area contributed by atoms with Crippen LogP contribution in [0.15, 0.2) is 41.0 Å². The first kappa shape index (κ1) is 16.9. The van der Waals surface area contributed by atoms with E-state index in [4.69, 9.17) is 38.4 Å². The molecule has 0 spiro atoms. The quantitative estimate of drug-likeness (QED) is 0.809. The van der Waals surface area contributed by atoms with Gasteiger partial charge in [0.25, 0.3) is 0 Å². The fourth-order valence-electron chi connectivity index (χ4n) is 3.12. The number of carbonyl (C=O) groups excluding carboxylic acids is 2. The van der Waals surface area contributed by atoms with Crippen LogP contribution in [0.4, 0.5) is 0 Å². The molecule has 0 saturated carbocycles. The lowest BCUT2D eigenvalue weighted by atomic mass is 9.77. The Kier molecular flexibility index (Phi) is 4.56. The van der Waals surface area contributed by atoms with E-state index >= 15 is 0 Å². The van der Waals surface area contributed by atoms with Crippen molar-refractivity contribution >= 4 is 35.0 Å². The minimum Gasteiger partial charge on any atom is -0.465 e. The van der Waals surface area contributed by atoms with Crippen molar-refractivity contribution in [3.05, 3.63) is 56.6 Å². The summed E-state index contributed by atoms with van der Waals surface area (Å²) in [6.45, 7) is 0. The van der Waals surface area contributed by atoms with E-state index in [1.54, 1.807) is 18.2 Å². The van der Waals surface area contributed by atoms with Crippen molar-refractivity contribution in [1.82, 2.24) is 0 Å². The maximum Gasteiger partial charge on any atom is 0.340 e. The lowest BCUT2D eigenvalue weighted by Crippen LogP contribution is -2.31. The summed E-state index contributed by atoms with van der Waals surface area (Å²) < 4.78 is 10.4. The largest absolute Gasteiger partial charge is 0.465 e. The Morgan fingerprint density at radius 2 is 2.08 bits per heavy atom. The van der Waals surface area contributed by atoms with Crippen LogP contribution >= 0.6 is 23.2 Å². The summed E-state index contributed by atoms with van der Waals surface area (Å²) in [4.78, 5) is 24.8. The zero-order chi connectivity index (χ0) is 17.4. The molecule has 126 valence electrons. The van der Waals surface area contributed by atoms with Crippen molar-refractivity contribution in [3.63, 3.8) is 0 Å². The Bertz CT molecular complexity index is 798. The predicted molar refractivity (Wildman–Crippen MR) is 89.4 cm³/mol. The fraction of sp³-hybridized carbons (Fsp3) is 0.294. The molecule has 0 bridgehead atoms. The van der Waals surface area contributed by atoms with Gasteiger partial charge in [0.1, 0.15) is 11.3 Å². The molecule has 0 aromatic heterocycles. The molecular weight excluding hydrogens is 353 g/mol. The molecule has 3 rings (SSSR count). The molecule has 0 radical (unpaired) electrons. The second-order valence-corrected chi connectivity index (χ2v) is 6.35. The Balaban J connectivity index is 2.26. The Labute approximate surface area is 149 Å². The molecule has 1 aliphatic carbocycles. The molecular formula is C17H15Cl2NO4. The molecule has 5 nitrogen and oxygen atoms in total. The third-order valence-electron chi connectivity index (χ3n) is 4.18. The number of hydrogen-bond acceptors (Lipinski definition) is 5. The third-order valence-corrected chi connectivity index (χ3v) is 5.02. The van der Waals surface area contributed by atoms with Gasteiger partial charge in [0, 0.05) is 18.4 Å². The van der Waals surface area contributed by atoms with E-state index in [0.29, 0.717) is 41.2 Å². The van der Waals surface area contributed by atoms with Crippen molar-refractivity contribution in [2.24, 2.45) is 5.73 Å². The number of rotatable bonds is 2. The average Bonchev–Trinajstić information content (AvgIpc) is 2.56. The molecule has 0 saturated heterocycles. The van der Waals surface area contributed by atoms with E-state index in [0.717, 1.165) is 0 Å². The van der Waals surface area contributed by atoms with Gasteiger partial charge in [0.05, 0.1) is 23.1 Å². The van der Waals surface area contributed by atoms with E-state index in [1.165, 1.54) is 7.11 Å². The highest BCUT2D eigenvalue weighted by atomic mass is 35.5. The predicted octanol–water partition coefficient (Wildman–Crippen LogP) is 3.46. The van der Waals surface area contributed by atoms with Crippen LogP contribution in [-0.2, 0) is 19.1 Å². The molecule has 1 aromatic carbocycles. The highest BCUT2D eigenvalue weighted by Crippen LogP contribution is 2.46. The van der Waals surface area contributed by atoms with E-state index in [9.17, 15) is 9.59 Å². The summed E-state index contributed by atoms with van der Waals surface area (Å²) in [5.41, 5.74) is 6.95. The van der Waals surface area contributed by atoms with Crippen LogP contribution in [0.3, 0.4) is 0 Å². The first-order valence-corrected chi connectivity index (χ1v) is 8.17. The summed E-state index contributed by atoms with van der Waals surface area (Å²) in [7, 11) is 1.24. The molecule has 0 fully saturated rings. The number of methoxy groups -OCH3 is 1. The Hall–Kier alpha value is -1.98. The number of allylic oxidation sites excluding steroid dienone is 2. The molecule has 1 atom stereocenters. The summed E-state index contributed by atoms with van der Waals surface area (Å²) in [6, 6.07) is 5.06. The summed E-state index contributed by atoms with van der Waals surface area (Å²) in [6.07, 6.45) is 1.63. The number of Topliss-reactive ketones (excluding diaryl/α,β-unsaturated/α-hetero) is 1. The van der Waals surface area contributed by atoms with Gasteiger partial charge < -0.3 is 15.2 Å². The van der Waals surface area contributed by atoms with E-state index < -0.39 is 11.9 Å². The van der Waals surface area contributed by atoms with Crippen molar-refractivity contribution in [2.75, 3.05) is 7.11 Å². The highest BCUT2D eigenvalue weighted by molar-refractivity contribution is 6.42. The Morgan fingerprint density at radius 1 is 1.33 bits per heavy atom. The molecule has 1 heterocycles. The van der Waals surface area contributed by atoms with E-state index in [1.807, 2.05) is 0 Å². The molecule has 1 aliphatic heterocycles. The molecule has 0 amide bonds. The van der Waals surface area contributed by atoms with Gasteiger partial charge in [-0.3, -0.25) is 4.79 Å².